The summed E-state index contributed by atoms with van der Waals surface area (Å²) in [4.78, 5) is 23.0. The van der Waals surface area contributed by atoms with Gasteiger partial charge in [-0.05, 0) is 49.4 Å². The number of ketones is 1. The molecule has 3 N–H and O–H groups in total. The lowest BCUT2D eigenvalue weighted by atomic mass is 10.1. The average Bonchev–Trinajstić information content (AvgIpc) is 2.39. The van der Waals surface area contributed by atoms with Gasteiger partial charge in [-0.3, -0.25) is 9.59 Å². The Bertz CT molecular complexity index is 666. The van der Waals surface area contributed by atoms with E-state index in [-0.39, 0.29) is 17.0 Å². The highest BCUT2D eigenvalue weighted by Gasteiger charge is 2.12. The summed E-state index contributed by atoms with van der Waals surface area (Å²) in [6.07, 6.45) is 0. The van der Waals surface area contributed by atoms with Gasteiger partial charge in [-0.15, -0.1) is 0 Å². The van der Waals surface area contributed by atoms with Gasteiger partial charge >= 0.3 is 0 Å². The van der Waals surface area contributed by atoms with E-state index in [1.807, 2.05) is 0 Å². The summed E-state index contributed by atoms with van der Waals surface area (Å²) in [5.74, 6) is -1.31. The minimum atomic E-state index is -0.678. The van der Waals surface area contributed by atoms with Crippen molar-refractivity contribution in [3.63, 3.8) is 0 Å². The van der Waals surface area contributed by atoms with Crippen molar-refractivity contribution >= 4 is 23.1 Å². The molecule has 2 aromatic carbocycles. The molecule has 0 saturated carbocycles. The van der Waals surface area contributed by atoms with Crippen LogP contribution in [-0.4, -0.2) is 11.7 Å². The molecule has 0 spiro atoms. The quantitative estimate of drug-likeness (QED) is 0.666. The van der Waals surface area contributed by atoms with E-state index in [2.05, 4.69) is 5.32 Å². The molecule has 20 heavy (non-hydrogen) atoms. The van der Waals surface area contributed by atoms with Crippen LogP contribution in [0.3, 0.4) is 0 Å². The molecule has 0 unspecified atom stereocenters. The Morgan fingerprint density at radius 1 is 1.10 bits per heavy atom. The normalized spacial score (nSPS) is 10.1. The van der Waals surface area contributed by atoms with Crippen LogP contribution in [0.2, 0.25) is 0 Å². The number of hydrogen-bond donors (Lipinski definition) is 2. The van der Waals surface area contributed by atoms with E-state index >= 15 is 0 Å². The number of nitrogen functional groups attached to an aromatic ring is 1. The molecule has 0 aliphatic carbocycles. The number of carbonyl (C=O) groups excluding carboxylic acids is 2. The molecule has 0 saturated heterocycles. The average molecular weight is 272 g/mol. The van der Waals surface area contributed by atoms with Crippen LogP contribution in [0, 0.1) is 5.82 Å². The molecule has 0 fully saturated rings. The Hall–Kier alpha value is -2.69. The molecule has 0 radical (unpaired) electrons. The van der Waals surface area contributed by atoms with Gasteiger partial charge in [0.05, 0.1) is 5.56 Å². The zero-order chi connectivity index (χ0) is 14.7. The van der Waals surface area contributed by atoms with Gasteiger partial charge in [-0.25, -0.2) is 4.39 Å². The first-order valence-corrected chi connectivity index (χ1v) is 5.95. The highest BCUT2D eigenvalue weighted by molar-refractivity contribution is 6.05. The standard InChI is InChI=1S/C15H13FN2O2/c1-9(19)10-2-5-12(6-3-10)18-15(20)13-7-4-11(17)8-14(13)16/h2-8H,17H2,1H3,(H,18,20). The van der Waals surface area contributed by atoms with Crippen molar-refractivity contribution < 1.29 is 14.0 Å². The van der Waals surface area contributed by atoms with Gasteiger partial charge in [0.1, 0.15) is 5.82 Å². The maximum Gasteiger partial charge on any atom is 0.258 e. The number of halogens is 1. The second-order valence-corrected chi connectivity index (χ2v) is 4.33. The molecule has 2 aromatic rings. The largest absolute Gasteiger partial charge is 0.399 e. The van der Waals surface area contributed by atoms with Crippen molar-refractivity contribution in [1.82, 2.24) is 0 Å². The van der Waals surface area contributed by atoms with Crippen LogP contribution in [0.25, 0.3) is 0 Å². The number of hydrogen-bond acceptors (Lipinski definition) is 3. The van der Waals surface area contributed by atoms with E-state index in [0.29, 0.717) is 11.3 Å². The second-order valence-electron chi connectivity index (χ2n) is 4.33. The monoisotopic (exact) mass is 272 g/mol. The van der Waals surface area contributed by atoms with Crippen LogP contribution < -0.4 is 11.1 Å². The summed E-state index contributed by atoms with van der Waals surface area (Å²) in [7, 11) is 0. The lowest BCUT2D eigenvalue weighted by Crippen LogP contribution is -2.14. The molecule has 5 heteroatoms. The number of nitrogens with one attached hydrogen (secondary N) is 1. The van der Waals surface area contributed by atoms with Gasteiger partial charge in [0.2, 0.25) is 0 Å². The van der Waals surface area contributed by atoms with Crippen molar-refractivity contribution in [2.45, 2.75) is 6.92 Å². The van der Waals surface area contributed by atoms with Crippen molar-refractivity contribution in [2.75, 3.05) is 11.1 Å². The maximum absolute atomic E-state index is 13.6. The van der Waals surface area contributed by atoms with Gasteiger partial charge in [0.25, 0.3) is 5.91 Å². The van der Waals surface area contributed by atoms with Gasteiger partial charge in [0.15, 0.2) is 5.78 Å². The fourth-order valence-corrected chi connectivity index (χ4v) is 1.70. The van der Waals surface area contributed by atoms with Crippen LogP contribution in [0.15, 0.2) is 42.5 Å². The van der Waals surface area contributed by atoms with Gasteiger partial charge in [-0.1, -0.05) is 0 Å². The van der Waals surface area contributed by atoms with Crippen molar-refractivity contribution in [2.24, 2.45) is 0 Å². The first-order valence-electron chi connectivity index (χ1n) is 5.95. The summed E-state index contributed by atoms with van der Waals surface area (Å²) in [6, 6.07) is 10.2. The summed E-state index contributed by atoms with van der Waals surface area (Å²) in [6.45, 7) is 1.46. The fraction of sp³-hybridized carbons (Fsp3) is 0.0667. The molecule has 1 amide bonds. The Morgan fingerprint density at radius 3 is 2.30 bits per heavy atom. The van der Waals surface area contributed by atoms with E-state index in [0.717, 1.165) is 6.07 Å². The second kappa shape index (κ2) is 5.52. The van der Waals surface area contributed by atoms with Gasteiger partial charge in [-0.2, -0.15) is 0 Å². The summed E-state index contributed by atoms with van der Waals surface area (Å²) in [5, 5.41) is 2.55. The summed E-state index contributed by atoms with van der Waals surface area (Å²) in [5.41, 5.74) is 6.61. The topological polar surface area (TPSA) is 72.2 Å². The Labute approximate surface area is 115 Å². The minimum Gasteiger partial charge on any atom is -0.399 e. The number of Topliss-reactive ketones (excluding diaryl/α,β-unsaturated/α-hetero) is 1. The zero-order valence-corrected chi connectivity index (χ0v) is 10.8. The predicted molar refractivity (Wildman–Crippen MR) is 75.2 cm³/mol. The highest BCUT2D eigenvalue weighted by atomic mass is 19.1. The first-order chi connectivity index (χ1) is 9.47. The molecule has 0 aromatic heterocycles. The van der Waals surface area contributed by atoms with E-state index < -0.39 is 11.7 Å². The third-order valence-electron chi connectivity index (χ3n) is 2.79. The third-order valence-corrected chi connectivity index (χ3v) is 2.79. The van der Waals surface area contributed by atoms with Crippen LogP contribution in [0.5, 0.6) is 0 Å². The van der Waals surface area contributed by atoms with Crippen LogP contribution in [0.4, 0.5) is 15.8 Å². The Kier molecular flexibility index (Phi) is 3.79. The maximum atomic E-state index is 13.6. The number of rotatable bonds is 3. The predicted octanol–water partition coefficient (Wildman–Crippen LogP) is 2.86. The molecule has 0 aliphatic rings. The fourth-order valence-electron chi connectivity index (χ4n) is 1.70. The minimum absolute atomic E-state index is 0.0625. The number of carbonyl (C=O) groups is 2. The number of anilines is 2. The summed E-state index contributed by atoms with van der Waals surface area (Å²) < 4.78 is 13.6. The molecule has 4 nitrogen and oxygen atoms in total. The smallest absolute Gasteiger partial charge is 0.258 e. The molecule has 0 aliphatic heterocycles. The molecule has 102 valence electrons. The van der Waals surface area contributed by atoms with E-state index in [1.54, 1.807) is 24.3 Å². The van der Waals surface area contributed by atoms with Crippen LogP contribution >= 0.6 is 0 Å². The Morgan fingerprint density at radius 2 is 1.75 bits per heavy atom. The third kappa shape index (κ3) is 3.00. The van der Waals surface area contributed by atoms with E-state index in [4.69, 9.17) is 5.73 Å². The van der Waals surface area contributed by atoms with Crippen LogP contribution in [-0.2, 0) is 0 Å². The molecule has 0 bridgehead atoms. The van der Waals surface area contributed by atoms with Crippen LogP contribution in [0.1, 0.15) is 27.6 Å². The van der Waals surface area contributed by atoms with Crippen molar-refractivity contribution in [1.29, 1.82) is 0 Å². The lowest BCUT2D eigenvalue weighted by molar-refractivity contribution is 0.101. The number of amides is 1. The number of benzene rings is 2. The number of nitrogens with two attached hydrogens (primary N) is 1. The van der Waals surface area contributed by atoms with Gasteiger partial charge in [0, 0.05) is 16.9 Å². The van der Waals surface area contributed by atoms with E-state index in [9.17, 15) is 14.0 Å². The molecule has 0 atom stereocenters. The lowest BCUT2D eigenvalue weighted by Gasteiger charge is -2.07. The van der Waals surface area contributed by atoms with Gasteiger partial charge < -0.3 is 11.1 Å². The molecule has 0 heterocycles. The van der Waals surface area contributed by atoms with Crippen molar-refractivity contribution in [3.05, 3.63) is 59.4 Å². The molecule has 2 rings (SSSR count). The summed E-state index contributed by atoms with van der Waals surface area (Å²) >= 11 is 0. The van der Waals surface area contributed by atoms with Crippen molar-refractivity contribution in [3.8, 4) is 0 Å². The molecular formula is C15H13FN2O2. The Balaban J connectivity index is 2.17. The first kappa shape index (κ1) is 13.7. The van der Waals surface area contributed by atoms with E-state index in [1.165, 1.54) is 19.1 Å². The SMILES string of the molecule is CC(=O)c1ccc(NC(=O)c2ccc(N)cc2F)cc1. The molecular weight excluding hydrogens is 259 g/mol. The zero-order valence-electron chi connectivity index (χ0n) is 10.8. The highest BCUT2D eigenvalue weighted by Crippen LogP contribution is 2.15.